The summed E-state index contributed by atoms with van der Waals surface area (Å²) in [6.07, 6.45) is 3.77. The highest BCUT2D eigenvalue weighted by Crippen LogP contribution is 2.03. The second-order valence-corrected chi connectivity index (χ2v) is 3.78. The summed E-state index contributed by atoms with van der Waals surface area (Å²) in [6.45, 7) is 5.49. The standard InChI is InChI=1S/C12H22O4/c1-4-6-7-8-12(14)15-9-11(5-2)16-10(3)13/h11H,4-9H2,1-3H3. The van der Waals surface area contributed by atoms with E-state index in [1.165, 1.54) is 6.92 Å². The van der Waals surface area contributed by atoms with Gasteiger partial charge >= 0.3 is 11.9 Å². The number of rotatable bonds is 8. The zero-order valence-electron chi connectivity index (χ0n) is 10.5. The Balaban J connectivity index is 3.66. The molecule has 16 heavy (non-hydrogen) atoms. The van der Waals surface area contributed by atoms with Crippen molar-refractivity contribution in [3.8, 4) is 0 Å². The van der Waals surface area contributed by atoms with Gasteiger partial charge in [0.15, 0.2) is 0 Å². The summed E-state index contributed by atoms with van der Waals surface area (Å²) in [6, 6.07) is 0. The monoisotopic (exact) mass is 230 g/mol. The van der Waals surface area contributed by atoms with Crippen molar-refractivity contribution in [3.63, 3.8) is 0 Å². The lowest BCUT2D eigenvalue weighted by Gasteiger charge is -2.14. The van der Waals surface area contributed by atoms with Gasteiger partial charge in [0.05, 0.1) is 0 Å². The fraction of sp³-hybridized carbons (Fsp3) is 0.833. The van der Waals surface area contributed by atoms with Crippen molar-refractivity contribution >= 4 is 11.9 Å². The fourth-order valence-electron chi connectivity index (χ4n) is 1.25. The van der Waals surface area contributed by atoms with Gasteiger partial charge in [-0.25, -0.2) is 0 Å². The zero-order valence-corrected chi connectivity index (χ0v) is 10.5. The normalized spacial score (nSPS) is 11.9. The van der Waals surface area contributed by atoms with E-state index in [0.717, 1.165) is 19.3 Å². The number of unbranched alkanes of at least 4 members (excludes halogenated alkanes) is 2. The van der Waals surface area contributed by atoms with Crippen LogP contribution < -0.4 is 0 Å². The van der Waals surface area contributed by atoms with Gasteiger partial charge in [-0.1, -0.05) is 26.7 Å². The van der Waals surface area contributed by atoms with E-state index in [-0.39, 0.29) is 24.6 Å². The summed E-state index contributed by atoms with van der Waals surface area (Å²) < 4.78 is 9.99. The van der Waals surface area contributed by atoms with Crippen molar-refractivity contribution in [2.45, 2.75) is 59.0 Å². The molecule has 1 atom stereocenters. The molecular formula is C12H22O4. The number of esters is 2. The first-order valence-electron chi connectivity index (χ1n) is 5.93. The molecule has 0 spiro atoms. The van der Waals surface area contributed by atoms with Gasteiger partial charge in [-0.3, -0.25) is 9.59 Å². The third-order valence-electron chi connectivity index (χ3n) is 2.20. The highest BCUT2D eigenvalue weighted by molar-refractivity contribution is 5.69. The lowest BCUT2D eigenvalue weighted by atomic mass is 10.2. The van der Waals surface area contributed by atoms with Crippen molar-refractivity contribution in [1.29, 1.82) is 0 Å². The largest absolute Gasteiger partial charge is 0.462 e. The summed E-state index contributed by atoms with van der Waals surface area (Å²) >= 11 is 0. The number of hydrogen-bond acceptors (Lipinski definition) is 4. The predicted molar refractivity (Wildman–Crippen MR) is 60.9 cm³/mol. The Kier molecular flexibility index (Phi) is 8.58. The second kappa shape index (κ2) is 9.19. The highest BCUT2D eigenvalue weighted by atomic mass is 16.6. The first kappa shape index (κ1) is 14.9. The molecule has 0 aromatic rings. The van der Waals surface area contributed by atoms with Crippen LogP contribution in [0.25, 0.3) is 0 Å². The van der Waals surface area contributed by atoms with Gasteiger partial charge in [-0.15, -0.1) is 0 Å². The van der Waals surface area contributed by atoms with E-state index in [9.17, 15) is 9.59 Å². The van der Waals surface area contributed by atoms with Crippen LogP contribution in [0.1, 0.15) is 52.9 Å². The van der Waals surface area contributed by atoms with Crippen LogP contribution in [0.4, 0.5) is 0 Å². The Bertz CT molecular complexity index is 213. The van der Waals surface area contributed by atoms with Gasteiger partial charge in [0.1, 0.15) is 12.7 Å². The summed E-state index contributed by atoms with van der Waals surface area (Å²) in [5, 5.41) is 0. The summed E-state index contributed by atoms with van der Waals surface area (Å²) in [7, 11) is 0. The van der Waals surface area contributed by atoms with E-state index in [4.69, 9.17) is 9.47 Å². The molecule has 4 heteroatoms. The first-order valence-corrected chi connectivity index (χ1v) is 5.93. The van der Waals surface area contributed by atoms with E-state index in [1.54, 1.807) is 0 Å². The molecule has 94 valence electrons. The number of hydrogen-bond donors (Lipinski definition) is 0. The van der Waals surface area contributed by atoms with Crippen LogP contribution in [-0.4, -0.2) is 24.6 Å². The molecule has 0 N–H and O–H groups in total. The van der Waals surface area contributed by atoms with Crippen molar-refractivity contribution in [3.05, 3.63) is 0 Å². The number of ether oxygens (including phenoxy) is 2. The average molecular weight is 230 g/mol. The minimum atomic E-state index is -0.339. The van der Waals surface area contributed by atoms with E-state index in [1.807, 2.05) is 6.92 Å². The maximum absolute atomic E-state index is 11.3. The fourth-order valence-corrected chi connectivity index (χ4v) is 1.25. The predicted octanol–water partition coefficient (Wildman–Crippen LogP) is 2.45. The molecule has 4 nitrogen and oxygen atoms in total. The molecule has 0 aliphatic rings. The van der Waals surface area contributed by atoms with E-state index in [0.29, 0.717) is 12.8 Å². The van der Waals surface area contributed by atoms with Crippen molar-refractivity contribution < 1.29 is 19.1 Å². The SMILES string of the molecule is CCCCCC(=O)OCC(CC)OC(C)=O. The van der Waals surface area contributed by atoms with Gasteiger partial charge < -0.3 is 9.47 Å². The lowest BCUT2D eigenvalue weighted by Crippen LogP contribution is -2.23. The summed E-state index contributed by atoms with van der Waals surface area (Å²) in [5.41, 5.74) is 0. The van der Waals surface area contributed by atoms with Gasteiger partial charge in [-0.05, 0) is 12.8 Å². The molecule has 0 saturated carbocycles. The van der Waals surface area contributed by atoms with Crippen LogP contribution in [0.2, 0.25) is 0 Å². The van der Waals surface area contributed by atoms with Crippen LogP contribution in [0.3, 0.4) is 0 Å². The van der Waals surface area contributed by atoms with Crippen LogP contribution in [-0.2, 0) is 19.1 Å². The average Bonchev–Trinajstić information content (AvgIpc) is 2.24. The molecule has 0 aliphatic carbocycles. The maximum Gasteiger partial charge on any atom is 0.305 e. The molecule has 0 amide bonds. The van der Waals surface area contributed by atoms with Crippen LogP contribution in [0.15, 0.2) is 0 Å². The minimum Gasteiger partial charge on any atom is -0.462 e. The quantitative estimate of drug-likeness (QED) is 0.475. The molecule has 1 unspecified atom stereocenters. The van der Waals surface area contributed by atoms with Gasteiger partial charge in [0.25, 0.3) is 0 Å². The summed E-state index contributed by atoms with van der Waals surface area (Å²) in [5.74, 6) is -0.548. The molecule has 0 aromatic heterocycles. The van der Waals surface area contributed by atoms with Crippen molar-refractivity contribution in [1.82, 2.24) is 0 Å². The molecule has 0 aliphatic heterocycles. The Labute approximate surface area is 97.3 Å². The molecule has 0 fully saturated rings. The number of carbonyl (C=O) groups is 2. The van der Waals surface area contributed by atoms with E-state index in [2.05, 4.69) is 6.92 Å². The molecule has 0 heterocycles. The Morgan fingerprint density at radius 3 is 2.38 bits per heavy atom. The van der Waals surface area contributed by atoms with E-state index < -0.39 is 0 Å². The molecule has 0 bridgehead atoms. The van der Waals surface area contributed by atoms with Crippen molar-refractivity contribution in [2.24, 2.45) is 0 Å². The molecular weight excluding hydrogens is 208 g/mol. The number of carbonyl (C=O) groups excluding carboxylic acids is 2. The third-order valence-corrected chi connectivity index (χ3v) is 2.20. The molecule has 0 saturated heterocycles. The lowest BCUT2D eigenvalue weighted by molar-refractivity contribution is -0.157. The Morgan fingerprint density at radius 1 is 1.19 bits per heavy atom. The highest BCUT2D eigenvalue weighted by Gasteiger charge is 2.12. The smallest absolute Gasteiger partial charge is 0.305 e. The minimum absolute atomic E-state index is 0.168. The maximum atomic E-state index is 11.3. The van der Waals surface area contributed by atoms with Crippen LogP contribution >= 0.6 is 0 Å². The van der Waals surface area contributed by atoms with Gasteiger partial charge in [-0.2, -0.15) is 0 Å². The van der Waals surface area contributed by atoms with Crippen LogP contribution in [0, 0.1) is 0 Å². The van der Waals surface area contributed by atoms with Gasteiger partial charge in [0.2, 0.25) is 0 Å². The molecule has 0 radical (unpaired) electrons. The van der Waals surface area contributed by atoms with Gasteiger partial charge in [0, 0.05) is 13.3 Å². The molecule has 0 rings (SSSR count). The van der Waals surface area contributed by atoms with Crippen molar-refractivity contribution in [2.75, 3.05) is 6.61 Å². The zero-order chi connectivity index (χ0) is 12.4. The Hall–Kier alpha value is -1.06. The third kappa shape index (κ3) is 8.26. The Morgan fingerprint density at radius 2 is 1.88 bits per heavy atom. The second-order valence-electron chi connectivity index (χ2n) is 3.78. The van der Waals surface area contributed by atoms with Crippen LogP contribution in [0.5, 0.6) is 0 Å². The first-order chi connectivity index (χ1) is 7.60. The summed E-state index contributed by atoms with van der Waals surface area (Å²) in [4.78, 5) is 22.0. The topological polar surface area (TPSA) is 52.6 Å². The van der Waals surface area contributed by atoms with E-state index >= 15 is 0 Å². The molecule has 0 aromatic carbocycles.